The Kier molecular flexibility index (Phi) is 4.40. The highest BCUT2D eigenvalue weighted by atomic mass is 19.1. The van der Waals surface area contributed by atoms with Gasteiger partial charge in [-0.25, -0.2) is 9.07 Å². The van der Waals surface area contributed by atoms with Crippen molar-refractivity contribution >= 4 is 11.9 Å². The van der Waals surface area contributed by atoms with Gasteiger partial charge in [0.1, 0.15) is 5.83 Å². The minimum Gasteiger partial charge on any atom is -0.380 e. The second-order valence-electron chi connectivity index (χ2n) is 5.24. The second-order valence-corrected chi connectivity index (χ2v) is 5.24. The lowest BCUT2D eigenvalue weighted by Crippen LogP contribution is -2.22. The van der Waals surface area contributed by atoms with Crippen molar-refractivity contribution in [2.75, 3.05) is 5.32 Å². The van der Waals surface area contributed by atoms with E-state index in [1.807, 2.05) is 30.9 Å². The molecular formula is C15H22FN3. The first-order chi connectivity index (χ1) is 9.11. The maximum Gasteiger partial charge on any atom is 0.103 e. The lowest BCUT2D eigenvalue weighted by atomic mass is 10.1. The molecule has 0 fully saturated rings. The van der Waals surface area contributed by atoms with Crippen LogP contribution in [-0.4, -0.2) is 15.8 Å². The Hall–Kier alpha value is -1.58. The molecule has 0 spiro atoms. The van der Waals surface area contributed by atoms with E-state index in [1.165, 1.54) is 11.8 Å². The molecule has 0 aliphatic carbocycles. The molecule has 19 heavy (non-hydrogen) atoms. The minimum absolute atomic E-state index is 0.0151. The van der Waals surface area contributed by atoms with Crippen molar-refractivity contribution in [1.82, 2.24) is 9.78 Å². The van der Waals surface area contributed by atoms with E-state index in [-0.39, 0.29) is 11.7 Å². The van der Waals surface area contributed by atoms with Gasteiger partial charge in [0, 0.05) is 18.2 Å². The quantitative estimate of drug-likeness (QED) is 0.832. The van der Waals surface area contributed by atoms with Gasteiger partial charge < -0.3 is 5.32 Å². The highest BCUT2D eigenvalue weighted by Crippen LogP contribution is 2.24. The summed E-state index contributed by atoms with van der Waals surface area (Å²) >= 11 is 0. The summed E-state index contributed by atoms with van der Waals surface area (Å²) in [6, 6.07) is 0.497. The Morgan fingerprint density at radius 2 is 2.47 bits per heavy atom. The molecule has 1 aromatic heterocycles. The molecule has 2 atom stereocenters. The van der Waals surface area contributed by atoms with Crippen LogP contribution in [0.15, 0.2) is 24.2 Å². The second kappa shape index (κ2) is 6.04. The summed E-state index contributed by atoms with van der Waals surface area (Å²) in [7, 11) is 0. The molecule has 3 nitrogen and oxygen atoms in total. The predicted molar refractivity (Wildman–Crippen MR) is 77.6 cm³/mol. The Labute approximate surface area is 114 Å². The van der Waals surface area contributed by atoms with Gasteiger partial charge in [0.15, 0.2) is 0 Å². The Morgan fingerprint density at radius 3 is 3.21 bits per heavy atom. The molecule has 0 radical (unpaired) electrons. The zero-order chi connectivity index (χ0) is 13.8. The average Bonchev–Trinajstić information content (AvgIpc) is 2.80. The van der Waals surface area contributed by atoms with Crippen molar-refractivity contribution in [3.05, 3.63) is 29.9 Å². The first-order valence-corrected chi connectivity index (χ1v) is 6.98. The van der Waals surface area contributed by atoms with E-state index in [0.29, 0.717) is 6.04 Å². The number of hydrogen-bond acceptors (Lipinski definition) is 2. The van der Waals surface area contributed by atoms with Gasteiger partial charge in [-0.05, 0) is 38.3 Å². The molecule has 104 valence electrons. The molecule has 0 saturated heterocycles. The summed E-state index contributed by atoms with van der Waals surface area (Å²) in [6.45, 7) is 6.04. The lowest BCUT2D eigenvalue weighted by Gasteiger charge is -2.21. The minimum atomic E-state index is -0.0773. The summed E-state index contributed by atoms with van der Waals surface area (Å²) in [4.78, 5) is 0. The van der Waals surface area contributed by atoms with E-state index < -0.39 is 0 Å². The Balaban J connectivity index is 2.08. The van der Waals surface area contributed by atoms with Gasteiger partial charge in [0.25, 0.3) is 0 Å². The van der Waals surface area contributed by atoms with Crippen LogP contribution in [0.1, 0.15) is 39.3 Å². The van der Waals surface area contributed by atoms with E-state index in [1.54, 1.807) is 6.08 Å². The molecule has 1 aromatic rings. The van der Waals surface area contributed by atoms with Crippen molar-refractivity contribution in [1.29, 1.82) is 0 Å². The van der Waals surface area contributed by atoms with E-state index in [2.05, 4.69) is 17.3 Å². The molecule has 2 heterocycles. The first-order valence-electron chi connectivity index (χ1n) is 6.98. The number of nitrogens with zero attached hydrogens (tertiary/aromatic N) is 2. The third-order valence-electron chi connectivity index (χ3n) is 3.68. The zero-order valence-electron chi connectivity index (χ0n) is 11.9. The molecule has 2 rings (SSSR count). The van der Waals surface area contributed by atoms with Gasteiger partial charge >= 0.3 is 0 Å². The maximum atomic E-state index is 13.6. The standard InChI is InChI=1S/C15H22FN3/c1-4-11(2)13(16)6-5-9-19-15-8-7-12(3)18-14(15)10-17-19/h5-6,9-12,18H,4,7-8H2,1-3H3. The van der Waals surface area contributed by atoms with Crippen LogP contribution >= 0.6 is 0 Å². The Morgan fingerprint density at radius 1 is 1.68 bits per heavy atom. The van der Waals surface area contributed by atoms with Crippen LogP contribution in [0.4, 0.5) is 10.1 Å². The topological polar surface area (TPSA) is 29.9 Å². The summed E-state index contributed by atoms with van der Waals surface area (Å²) < 4.78 is 15.4. The molecule has 2 unspecified atom stereocenters. The van der Waals surface area contributed by atoms with Crippen LogP contribution < -0.4 is 5.32 Å². The van der Waals surface area contributed by atoms with Gasteiger partial charge in [-0.1, -0.05) is 13.8 Å². The van der Waals surface area contributed by atoms with Crippen molar-refractivity contribution in [3.8, 4) is 0 Å². The number of anilines is 1. The van der Waals surface area contributed by atoms with Crippen LogP contribution in [0.2, 0.25) is 0 Å². The monoisotopic (exact) mass is 263 g/mol. The number of allylic oxidation sites excluding steroid dienone is 3. The molecule has 4 heteroatoms. The fourth-order valence-electron chi connectivity index (χ4n) is 2.15. The summed E-state index contributed by atoms with van der Waals surface area (Å²) in [5, 5.41) is 7.71. The van der Waals surface area contributed by atoms with Crippen molar-refractivity contribution in [2.45, 2.75) is 46.1 Å². The van der Waals surface area contributed by atoms with Crippen molar-refractivity contribution in [2.24, 2.45) is 5.92 Å². The van der Waals surface area contributed by atoms with Crippen molar-refractivity contribution < 1.29 is 4.39 Å². The summed E-state index contributed by atoms with van der Waals surface area (Å²) in [6.07, 6.45) is 9.83. The average molecular weight is 263 g/mol. The van der Waals surface area contributed by atoms with Gasteiger partial charge in [-0.3, -0.25) is 0 Å². The number of fused-ring (bicyclic) bond motifs is 1. The summed E-state index contributed by atoms with van der Waals surface area (Å²) in [5.74, 6) is -0.0924. The van der Waals surface area contributed by atoms with E-state index in [0.717, 1.165) is 24.9 Å². The molecular weight excluding hydrogens is 241 g/mol. The van der Waals surface area contributed by atoms with E-state index in [9.17, 15) is 4.39 Å². The van der Waals surface area contributed by atoms with Crippen LogP contribution in [0.25, 0.3) is 6.20 Å². The lowest BCUT2D eigenvalue weighted by molar-refractivity contribution is 0.483. The summed E-state index contributed by atoms with van der Waals surface area (Å²) in [5.41, 5.74) is 2.27. The van der Waals surface area contributed by atoms with Crippen LogP contribution in [-0.2, 0) is 6.42 Å². The first kappa shape index (κ1) is 13.8. The predicted octanol–water partition coefficient (Wildman–Crippen LogP) is 4.00. The fourth-order valence-corrected chi connectivity index (χ4v) is 2.15. The van der Waals surface area contributed by atoms with Gasteiger partial charge in [-0.15, -0.1) is 0 Å². The molecule has 1 aliphatic heterocycles. The number of halogens is 1. The normalized spacial score (nSPS) is 21.3. The van der Waals surface area contributed by atoms with Gasteiger partial charge in [0.2, 0.25) is 0 Å². The zero-order valence-corrected chi connectivity index (χ0v) is 11.9. The largest absolute Gasteiger partial charge is 0.380 e. The maximum absolute atomic E-state index is 13.6. The molecule has 0 saturated carbocycles. The van der Waals surface area contributed by atoms with Crippen LogP contribution in [0.5, 0.6) is 0 Å². The third-order valence-corrected chi connectivity index (χ3v) is 3.68. The van der Waals surface area contributed by atoms with Crippen LogP contribution in [0, 0.1) is 5.92 Å². The highest BCUT2D eigenvalue weighted by Gasteiger charge is 2.17. The van der Waals surface area contributed by atoms with Crippen LogP contribution in [0.3, 0.4) is 0 Å². The van der Waals surface area contributed by atoms with E-state index in [4.69, 9.17) is 0 Å². The van der Waals surface area contributed by atoms with E-state index >= 15 is 0 Å². The smallest absolute Gasteiger partial charge is 0.103 e. The number of rotatable bonds is 4. The number of aromatic nitrogens is 2. The van der Waals surface area contributed by atoms with Gasteiger partial charge in [0.05, 0.1) is 17.6 Å². The molecule has 0 amide bonds. The Bertz CT molecular complexity index is 488. The third kappa shape index (κ3) is 3.25. The fraction of sp³-hybridized carbons (Fsp3) is 0.533. The number of nitrogens with one attached hydrogen (secondary N) is 1. The molecule has 0 aromatic carbocycles. The molecule has 1 N–H and O–H groups in total. The van der Waals surface area contributed by atoms with Crippen molar-refractivity contribution in [3.63, 3.8) is 0 Å². The number of hydrogen-bond donors (Lipinski definition) is 1. The molecule has 1 aliphatic rings. The molecule has 0 bridgehead atoms. The SMILES string of the molecule is CCC(C)C(F)=CC=Cn1ncc2c1CCC(C)N2. The van der Waals surface area contributed by atoms with Gasteiger partial charge in [-0.2, -0.15) is 5.10 Å². The highest BCUT2D eigenvalue weighted by molar-refractivity contribution is 5.52.